The molecule has 0 spiro atoms. The predicted octanol–water partition coefficient (Wildman–Crippen LogP) is 2.17. The lowest BCUT2D eigenvalue weighted by molar-refractivity contribution is 0.821. The molecule has 72 valence electrons. The molecule has 1 aromatic carbocycles. The summed E-state index contributed by atoms with van der Waals surface area (Å²) < 4.78 is 3.03. The molecule has 4 heteroatoms. The van der Waals surface area contributed by atoms with Crippen LogP contribution in [0.5, 0.6) is 0 Å². The lowest BCUT2D eigenvalue weighted by atomic mass is 10.1. The fourth-order valence-corrected chi connectivity index (χ4v) is 1.74. The SMILES string of the molecule is Cn1cnnc1Cc1cccc(Br)c1. The van der Waals surface area contributed by atoms with Gasteiger partial charge in [0.25, 0.3) is 0 Å². The average molecular weight is 252 g/mol. The van der Waals surface area contributed by atoms with E-state index in [-0.39, 0.29) is 0 Å². The van der Waals surface area contributed by atoms with Crippen LogP contribution in [0.15, 0.2) is 35.1 Å². The van der Waals surface area contributed by atoms with Crippen LogP contribution in [0.3, 0.4) is 0 Å². The van der Waals surface area contributed by atoms with Gasteiger partial charge < -0.3 is 4.57 Å². The first-order chi connectivity index (χ1) is 6.75. The van der Waals surface area contributed by atoms with Crippen LogP contribution in [-0.4, -0.2) is 14.8 Å². The Morgan fingerprint density at radius 1 is 1.43 bits per heavy atom. The van der Waals surface area contributed by atoms with Gasteiger partial charge in [0.1, 0.15) is 12.2 Å². The first kappa shape index (κ1) is 9.40. The fraction of sp³-hybridized carbons (Fsp3) is 0.200. The van der Waals surface area contributed by atoms with Crippen molar-refractivity contribution in [2.75, 3.05) is 0 Å². The highest BCUT2D eigenvalue weighted by molar-refractivity contribution is 9.10. The van der Waals surface area contributed by atoms with E-state index >= 15 is 0 Å². The zero-order valence-electron chi connectivity index (χ0n) is 7.81. The summed E-state index contributed by atoms with van der Waals surface area (Å²) in [6.45, 7) is 0. The van der Waals surface area contributed by atoms with Crippen LogP contribution in [-0.2, 0) is 13.5 Å². The Bertz CT molecular complexity index is 436. The molecule has 0 radical (unpaired) electrons. The van der Waals surface area contributed by atoms with E-state index in [9.17, 15) is 0 Å². The molecule has 0 saturated heterocycles. The van der Waals surface area contributed by atoms with Crippen molar-refractivity contribution >= 4 is 15.9 Å². The molecule has 2 aromatic rings. The maximum Gasteiger partial charge on any atom is 0.136 e. The second-order valence-electron chi connectivity index (χ2n) is 3.16. The Labute approximate surface area is 90.9 Å². The molecule has 0 aliphatic carbocycles. The van der Waals surface area contributed by atoms with Gasteiger partial charge in [-0.3, -0.25) is 0 Å². The van der Waals surface area contributed by atoms with E-state index in [4.69, 9.17) is 0 Å². The Hall–Kier alpha value is -1.16. The van der Waals surface area contributed by atoms with Crippen molar-refractivity contribution in [1.29, 1.82) is 0 Å². The molecule has 0 atom stereocenters. The number of benzene rings is 1. The average Bonchev–Trinajstić information content (AvgIpc) is 2.52. The Balaban J connectivity index is 2.23. The van der Waals surface area contributed by atoms with Crippen LogP contribution < -0.4 is 0 Å². The third-order valence-electron chi connectivity index (χ3n) is 2.06. The summed E-state index contributed by atoms with van der Waals surface area (Å²) in [6.07, 6.45) is 2.53. The van der Waals surface area contributed by atoms with E-state index in [0.29, 0.717) is 0 Å². The maximum absolute atomic E-state index is 4.04. The van der Waals surface area contributed by atoms with Crippen molar-refractivity contribution in [3.63, 3.8) is 0 Å². The molecule has 1 heterocycles. The number of hydrogen-bond donors (Lipinski definition) is 0. The number of nitrogens with zero attached hydrogens (tertiary/aromatic N) is 3. The second kappa shape index (κ2) is 3.92. The van der Waals surface area contributed by atoms with E-state index in [0.717, 1.165) is 16.7 Å². The summed E-state index contributed by atoms with van der Waals surface area (Å²) in [5.41, 5.74) is 1.23. The van der Waals surface area contributed by atoms with Crippen LogP contribution >= 0.6 is 15.9 Å². The van der Waals surface area contributed by atoms with Crippen molar-refractivity contribution in [3.8, 4) is 0 Å². The topological polar surface area (TPSA) is 30.7 Å². The number of aryl methyl sites for hydroxylation is 1. The van der Waals surface area contributed by atoms with Gasteiger partial charge >= 0.3 is 0 Å². The normalized spacial score (nSPS) is 10.4. The van der Waals surface area contributed by atoms with Gasteiger partial charge in [-0.15, -0.1) is 10.2 Å². The Kier molecular flexibility index (Phi) is 2.63. The monoisotopic (exact) mass is 251 g/mol. The standard InChI is InChI=1S/C10H10BrN3/c1-14-7-12-13-10(14)6-8-3-2-4-9(11)5-8/h2-5,7H,6H2,1H3. The van der Waals surface area contributed by atoms with Gasteiger partial charge in [0.2, 0.25) is 0 Å². The summed E-state index contributed by atoms with van der Waals surface area (Å²) in [5, 5.41) is 7.88. The first-order valence-corrected chi connectivity index (χ1v) is 5.12. The predicted molar refractivity (Wildman–Crippen MR) is 58.0 cm³/mol. The van der Waals surface area contributed by atoms with Gasteiger partial charge in [-0.2, -0.15) is 0 Å². The summed E-state index contributed by atoms with van der Waals surface area (Å²) >= 11 is 3.44. The van der Waals surface area contributed by atoms with Gasteiger partial charge in [-0.25, -0.2) is 0 Å². The fourth-order valence-electron chi connectivity index (χ4n) is 1.30. The van der Waals surface area contributed by atoms with Crippen LogP contribution in [0, 0.1) is 0 Å². The zero-order chi connectivity index (χ0) is 9.97. The second-order valence-corrected chi connectivity index (χ2v) is 4.08. The van der Waals surface area contributed by atoms with E-state index in [2.05, 4.69) is 38.3 Å². The molecular weight excluding hydrogens is 242 g/mol. The van der Waals surface area contributed by atoms with Gasteiger partial charge in [0.15, 0.2) is 0 Å². The van der Waals surface area contributed by atoms with E-state index in [1.54, 1.807) is 6.33 Å². The minimum absolute atomic E-state index is 0.815. The molecule has 0 unspecified atom stereocenters. The lowest BCUT2D eigenvalue weighted by Gasteiger charge is -2.01. The van der Waals surface area contributed by atoms with Gasteiger partial charge in [-0.05, 0) is 17.7 Å². The molecule has 0 fully saturated rings. The molecule has 0 amide bonds. The smallest absolute Gasteiger partial charge is 0.136 e. The Morgan fingerprint density at radius 2 is 2.29 bits per heavy atom. The van der Waals surface area contributed by atoms with Crippen molar-refractivity contribution < 1.29 is 0 Å². The van der Waals surface area contributed by atoms with Crippen molar-refractivity contribution in [2.45, 2.75) is 6.42 Å². The molecule has 0 bridgehead atoms. The Morgan fingerprint density at radius 3 is 2.93 bits per heavy atom. The molecule has 0 aliphatic heterocycles. The highest BCUT2D eigenvalue weighted by Gasteiger charge is 2.02. The number of aromatic nitrogens is 3. The molecule has 0 saturated carbocycles. The largest absolute Gasteiger partial charge is 0.320 e. The summed E-state index contributed by atoms with van der Waals surface area (Å²) in [4.78, 5) is 0. The quantitative estimate of drug-likeness (QED) is 0.820. The van der Waals surface area contributed by atoms with Gasteiger partial charge in [0.05, 0.1) is 0 Å². The lowest BCUT2D eigenvalue weighted by Crippen LogP contribution is -1.98. The van der Waals surface area contributed by atoms with Crippen LogP contribution in [0.4, 0.5) is 0 Å². The number of rotatable bonds is 2. The minimum atomic E-state index is 0.815. The molecule has 1 aromatic heterocycles. The van der Waals surface area contributed by atoms with E-state index in [1.807, 2.05) is 23.7 Å². The number of hydrogen-bond acceptors (Lipinski definition) is 2. The highest BCUT2D eigenvalue weighted by atomic mass is 79.9. The summed E-state index contributed by atoms with van der Waals surface area (Å²) in [6, 6.07) is 8.21. The zero-order valence-corrected chi connectivity index (χ0v) is 9.40. The van der Waals surface area contributed by atoms with Crippen molar-refractivity contribution in [2.24, 2.45) is 7.05 Å². The van der Waals surface area contributed by atoms with E-state index in [1.165, 1.54) is 5.56 Å². The molecule has 0 N–H and O–H groups in total. The maximum atomic E-state index is 4.04. The molecule has 14 heavy (non-hydrogen) atoms. The third-order valence-corrected chi connectivity index (χ3v) is 2.55. The minimum Gasteiger partial charge on any atom is -0.320 e. The molecule has 2 rings (SSSR count). The molecular formula is C10H10BrN3. The van der Waals surface area contributed by atoms with Gasteiger partial charge in [-0.1, -0.05) is 28.1 Å². The molecule has 3 nitrogen and oxygen atoms in total. The third kappa shape index (κ3) is 2.01. The summed E-state index contributed by atoms with van der Waals surface area (Å²) in [7, 11) is 1.95. The summed E-state index contributed by atoms with van der Waals surface area (Å²) in [5.74, 6) is 0.975. The van der Waals surface area contributed by atoms with Gasteiger partial charge in [0, 0.05) is 17.9 Å². The van der Waals surface area contributed by atoms with Crippen LogP contribution in [0.1, 0.15) is 11.4 Å². The van der Waals surface area contributed by atoms with Crippen molar-refractivity contribution in [3.05, 3.63) is 46.5 Å². The van der Waals surface area contributed by atoms with Crippen molar-refractivity contribution in [1.82, 2.24) is 14.8 Å². The molecule has 0 aliphatic rings. The van der Waals surface area contributed by atoms with Crippen LogP contribution in [0.2, 0.25) is 0 Å². The first-order valence-electron chi connectivity index (χ1n) is 4.33. The van der Waals surface area contributed by atoms with E-state index < -0.39 is 0 Å². The number of halogens is 1. The highest BCUT2D eigenvalue weighted by Crippen LogP contribution is 2.13. The van der Waals surface area contributed by atoms with Crippen LogP contribution in [0.25, 0.3) is 0 Å².